The molecule has 0 spiro atoms. The summed E-state index contributed by atoms with van der Waals surface area (Å²) in [5, 5.41) is 18.9. The summed E-state index contributed by atoms with van der Waals surface area (Å²) in [5.74, 6) is 0.270. The van der Waals surface area contributed by atoms with Crippen LogP contribution >= 0.6 is 0 Å². The average Bonchev–Trinajstić information content (AvgIpc) is 2.27. The zero-order valence-electron chi connectivity index (χ0n) is 11.0. The van der Waals surface area contributed by atoms with Crippen LogP contribution in [0.3, 0.4) is 0 Å². The second-order valence-corrected chi connectivity index (χ2v) is 5.17. The molecule has 0 atom stereocenters. The third-order valence-corrected chi connectivity index (χ3v) is 3.42. The summed E-state index contributed by atoms with van der Waals surface area (Å²) in [4.78, 5) is 0. The van der Waals surface area contributed by atoms with Crippen LogP contribution in [0.4, 0.5) is 11.4 Å². The molecule has 0 aliphatic heterocycles. The molecule has 0 heterocycles. The number of nitrogen functional groups attached to an aromatic ring is 2. The molecule has 0 aromatic heterocycles. The molecule has 4 heteroatoms. The number of hydrogen-bond acceptors (Lipinski definition) is 4. The van der Waals surface area contributed by atoms with Gasteiger partial charge < -0.3 is 21.7 Å². The highest BCUT2D eigenvalue weighted by Crippen LogP contribution is 2.39. The van der Waals surface area contributed by atoms with Crippen LogP contribution < -0.4 is 11.5 Å². The summed E-state index contributed by atoms with van der Waals surface area (Å²) in [6.07, 6.45) is 0. The topological polar surface area (TPSA) is 92.5 Å². The van der Waals surface area contributed by atoms with Crippen LogP contribution in [0.5, 0.6) is 11.5 Å². The number of hydrogen-bond donors (Lipinski definition) is 4. The quantitative estimate of drug-likeness (QED) is 0.623. The largest absolute Gasteiger partial charge is 0.508 e. The van der Waals surface area contributed by atoms with Crippen LogP contribution in [0.2, 0.25) is 0 Å². The summed E-state index contributed by atoms with van der Waals surface area (Å²) < 4.78 is 0. The molecule has 0 aliphatic rings. The van der Waals surface area contributed by atoms with Crippen molar-refractivity contribution >= 4 is 11.4 Å². The van der Waals surface area contributed by atoms with Crippen molar-refractivity contribution in [3.63, 3.8) is 0 Å². The van der Waals surface area contributed by atoms with Gasteiger partial charge in [0.2, 0.25) is 0 Å². The normalized spacial score (nSPS) is 11.5. The molecular formula is C15H18N2O2. The molecule has 0 saturated heterocycles. The Morgan fingerprint density at radius 3 is 1.47 bits per heavy atom. The van der Waals surface area contributed by atoms with Crippen LogP contribution in [0, 0.1) is 0 Å². The van der Waals surface area contributed by atoms with Crippen molar-refractivity contribution < 1.29 is 10.2 Å². The zero-order valence-corrected chi connectivity index (χ0v) is 11.0. The number of nitrogens with two attached hydrogens (primary N) is 2. The van der Waals surface area contributed by atoms with E-state index in [1.165, 1.54) is 12.1 Å². The summed E-state index contributed by atoms with van der Waals surface area (Å²) in [7, 11) is 0. The minimum absolute atomic E-state index is 0.135. The van der Waals surface area contributed by atoms with Crippen LogP contribution in [0.15, 0.2) is 36.4 Å². The first-order valence-corrected chi connectivity index (χ1v) is 6.00. The molecule has 0 saturated carbocycles. The van der Waals surface area contributed by atoms with E-state index in [2.05, 4.69) is 0 Å². The lowest BCUT2D eigenvalue weighted by Crippen LogP contribution is -2.22. The monoisotopic (exact) mass is 258 g/mol. The molecule has 0 radical (unpaired) electrons. The number of phenolic OH excluding ortho intramolecular Hbond substituents is 2. The molecule has 0 amide bonds. The first kappa shape index (κ1) is 13.1. The van der Waals surface area contributed by atoms with Gasteiger partial charge in [-0.25, -0.2) is 0 Å². The van der Waals surface area contributed by atoms with E-state index in [1.807, 2.05) is 13.8 Å². The molecule has 0 unspecified atom stereocenters. The Balaban J connectivity index is 2.58. The van der Waals surface area contributed by atoms with Crippen LogP contribution in [0.1, 0.15) is 25.0 Å². The molecule has 2 rings (SSSR count). The van der Waals surface area contributed by atoms with Crippen molar-refractivity contribution in [1.82, 2.24) is 0 Å². The summed E-state index contributed by atoms with van der Waals surface area (Å²) in [6, 6.07) is 9.82. The van der Waals surface area contributed by atoms with Gasteiger partial charge in [-0.2, -0.15) is 0 Å². The van der Waals surface area contributed by atoms with E-state index in [9.17, 15) is 10.2 Å². The maximum Gasteiger partial charge on any atom is 0.117 e. The third kappa shape index (κ3) is 2.29. The number of anilines is 2. The Bertz CT molecular complexity index is 568. The van der Waals surface area contributed by atoms with Gasteiger partial charge in [0.25, 0.3) is 0 Å². The van der Waals surface area contributed by atoms with Crippen LogP contribution in [-0.2, 0) is 5.41 Å². The van der Waals surface area contributed by atoms with Crippen LogP contribution in [-0.4, -0.2) is 10.2 Å². The summed E-state index contributed by atoms with van der Waals surface area (Å²) >= 11 is 0. The van der Waals surface area contributed by atoms with E-state index in [4.69, 9.17) is 11.5 Å². The van der Waals surface area contributed by atoms with E-state index >= 15 is 0 Å². The molecule has 6 N–H and O–H groups in total. The number of benzene rings is 2. The molecule has 0 aliphatic carbocycles. The first-order chi connectivity index (χ1) is 8.82. The third-order valence-electron chi connectivity index (χ3n) is 3.42. The Hall–Kier alpha value is -2.36. The van der Waals surface area contributed by atoms with Crippen molar-refractivity contribution in [3.05, 3.63) is 47.5 Å². The van der Waals surface area contributed by atoms with E-state index in [0.717, 1.165) is 11.1 Å². The van der Waals surface area contributed by atoms with Gasteiger partial charge in [0.05, 0.1) is 0 Å². The number of aromatic hydroxyl groups is 2. The maximum absolute atomic E-state index is 9.43. The Labute approximate surface area is 112 Å². The van der Waals surface area contributed by atoms with Gasteiger partial charge in [-0.05, 0) is 23.3 Å². The van der Waals surface area contributed by atoms with Crippen molar-refractivity contribution in [2.75, 3.05) is 11.5 Å². The minimum Gasteiger partial charge on any atom is -0.508 e. The Morgan fingerprint density at radius 2 is 1.16 bits per heavy atom. The van der Waals surface area contributed by atoms with E-state index < -0.39 is 5.41 Å². The lowest BCUT2D eigenvalue weighted by molar-refractivity contribution is 0.474. The SMILES string of the molecule is CC(C)(c1ccc(O)cc1N)c1ccc(O)cc1N. The zero-order chi connectivity index (χ0) is 14.2. The predicted octanol–water partition coefficient (Wildman–Crippen LogP) is 2.59. The Kier molecular flexibility index (Phi) is 3.02. The summed E-state index contributed by atoms with van der Waals surface area (Å²) in [6.45, 7) is 4.00. The lowest BCUT2D eigenvalue weighted by atomic mass is 9.76. The molecular weight excluding hydrogens is 240 g/mol. The molecule has 2 aromatic rings. The maximum atomic E-state index is 9.43. The average molecular weight is 258 g/mol. The van der Waals surface area contributed by atoms with Crippen molar-refractivity contribution in [2.24, 2.45) is 0 Å². The van der Waals surface area contributed by atoms with Gasteiger partial charge in [-0.1, -0.05) is 26.0 Å². The second kappa shape index (κ2) is 4.39. The molecule has 100 valence electrons. The molecule has 4 nitrogen and oxygen atoms in total. The van der Waals surface area contributed by atoms with Gasteiger partial charge in [0.15, 0.2) is 0 Å². The smallest absolute Gasteiger partial charge is 0.117 e. The van der Waals surface area contributed by atoms with E-state index in [0.29, 0.717) is 11.4 Å². The highest BCUT2D eigenvalue weighted by molar-refractivity contribution is 5.63. The standard InChI is InChI=1S/C15H18N2O2/c1-15(2,11-5-3-9(18)7-13(11)16)12-6-4-10(19)8-14(12)17/h3-8,18-19H,16-17H2,1-2H3. The van der Waals surface area contributed by atoms with E-state index in [1.54, 1.807) is 24.3 Å². The van der Waals surface area contributed by atoms with Gasteiger partial charge in [-0.15, -0.1) is 0 Å². The van der Waals surface area contributed by atoms with Crippen LogP contribution in [0.25, 0.3) is 0 Å². The highest BCUT2D eigenvalue weighted by atomic mass is 16.3. The van der Waals surface area contributed by atoms with Crippen molar-refractivity contribution in [3.8, 4) is 11.5 Å². The number of phenols is 2. The molecule has 2 aromatic carbocycles. The van der Waals surface area contributed by atoms with E-state index in [-0.39, 0.29) is 11.5 Å². The number of rotatable bonds is 2. The summed E-state index contributed by atoms with van der Waals surface area (Å²) in [5.41, 5.74) is 14.3. The fraction of sp³-hybridized carbons (Fsp3) is 0.200. The predicted molar refractivity (Wildman–Crippen MR) is 77.2 cm³/mol. The highest BCUT2D eigenvalue weighted by Gasteiger charge is 2.27. The molecule has 0 fully saturated rings. The fourth-order valence-corrected chi connectivity index (χ4v) is 2.38. The van der Waals surface area contributed by atoms with Crippen molar-refractivity contribution in [1.29, 1.82) is 0 Å². The minimum atomic E-state index is -0.421. The fourth-order valence-electron chi connectivity index (χ4n) is 2.38. The Morgan fingerprint density at radius 1 is 0.789 bits per heavy atom. The first-order valence-electron chi connectivity index (χ1n) is 6.00. The second-order valence-electron chi connectivity index (χ2n) is 5.17. The van der Waals surface area contributed by atoms with Gasteiger partial charge in [0.1, 0.15) is 11.5 Å². The van der Waals surface area contributed by atoms with Crippen molar-refractivity contribution in [2.45, 2.75) is 19.3 Å². The van der Waals surface area contributed by atoms with Gasteiger partial charge in [0, 0.05) is 28.9 Å². The lowest BCUT2D eigenvalue weighted by Gasteiger charge is -2.29. The molecule has 0 bridgehead atoms. The molecule has 19 heavy (non-hydrogen) atoms. The van der Waals surface area contributed by atoms with Gasteiger partial charge >= 0.3 is 0 Å². The van der Waals surface area contributed by atoms with Gasteiger partial charge in [-0.3, -0.25) is 0 Å².